The van der Waals surface area contributed by atoms with Crippen molar-refractivity contribution in [2.75, 3.05) is 38.0 Å². The highest BCUT2D eigenvalue weighted by molar-refractivity contribution is 7.89. The standard InChI is InChI=1S/C31H45N7O2S/c1-2-3-18-32-31-33-23-28-29(35-38(30(28)34-31)26-10-6-4-7-11-26)24-12-14-27(15-13-24)41(39,40)37-21-16-25(17-22-37)36-19-8-5-9-20-36/h12-15,23,25-26H,2-11,16-22H2,1H3,(H,32,33,34). The highest BCUT2D eigenvalue weighted by Gasteiger charge is 2.32. The Morgan fingerprint density at radius 1 is 0.878 bits per heavy atom. The third-order valence-corrected chi connectivity index (χ3v) is 11.2. The summed E-state index contributed by atoms with van der Waals surface area (Å²) in [5.74, 6) is 0.639. The van der Waals surface area contributed by atoms with Gasteiger partial charge in [-0.05, 0) is 70.2 Å². The number of nitrogens with one attached hydrogen (secondary N) is 1. The van der Waals surface area contributed by atoms with Crippen LogP contribution >= 0.6 is 0 Å². The Morgan fingerprint density at radius 3 is 2.29 bits per heavy atom. The number of hydrogen-bond acceptors (Lipinski definition) is 7. The van der Waals surface area contributed by atoms with Gasteiger partial charge < -0.3 is 10.2 Å². The summed E-state index contributed by atoms with van der Waals surface area (Å²) in [6.07, 6.45) is 15.6. The smallest absolute Gasteiger partial charge is 0.243 e. The van der Waals surface area contributed by atoms with E-state index in [4.69, 9.17) is 10.1 Å². The van der Waals surface area contributed by atoms with E-state index in [0.717, 1.165) is 80.4 Å². The zero-order valence-corrected chi connectivity index (χ0v) is 25.3. The van der Waals surface area contributed by atoms with Crippen LogP contribution in [0.1, 0.15) is 90.0 Å². The third-order valence-electron chi connectivity index (χ3n) is 9.28. The molecule has 0 radical (unpaired) electrons. The van der Waals surface area contributed by atoms with Gasteiger partial charge in [0.2, 0.25) is 16.0 Å². The van der Waals surface area contributed by atoms with Gasteiger partial charge in [-0.25, -0.2) is 18.1 Å². The summed E-state index contributed by atoms with van der Waals surface area (Å²) in [5.41, 5.74) is 2.56. The molecule has 0 bridgehead atoms. The van der Waals surface area contributed by atoms with Crippen LogP contribution in [0.5, 0.6) is 0 Å². The number of hydrogen-bond donors (Lipinski definition) is 1. The highest BCUT2D eigenvalue weighted by Crippen LogP contribution is 2.35. The molecule has 0 amide bonds. The predicted octanol–water partition coefficient (Wildman–Crippen LogP) is 5.85. The molecule has 10 heteroatoms. The molecule has 1 saturated carbocycles. The van der Waals surface area contributed by atoms with Crippen molar-refractivity contribution in [3.63, 3.8) is 0 Å². The Balaban J connectivity index is 1.22. The fourth-order valence-corrected chi connectivity index (χ4v) is 8.31. The van der Waals surface area contributed by atoms with Gasteiger partial charge in [0, 0.05) is 37.4 Å². The van der Waals surface area contributed by atoms with Crippen molar-refractivity contribution in [3.8, 4) is 11.3 Å². The van der Waals surface area contributed by atoms with Crippen LogP contribution in [-0.2, 0) is 10.0 Å². The van der Waals surface area contributed by atoms with E-state index in [9.17, 15) is 8.42 Å². The second-order valence-corrected chi connectivity index (χ2v) is 14.0. The first kappa shape index (κ1) is 28.6. The van der Waals surface area contributed by atoms with Gasteiger partial charge in [-0.3, -0.25) is 0 Å². The van der Waals surface area contributed by atoms with E-state index >= 15 is 0 Å². The van der Waals surface area contributed by atoms with Gasteiger partial charge in [0.1, 0.15) is 5.69 Å². The lowest BCUT2D eigenvalue weighted by molar-refractivity contribution is 0.118. The number of sulfonamides is 1. The number of piperidine rings is 2. The molecule has 2 saturated heterocycles. The predicted molar refractivity (Wildman–Crippen MR) is 163 cm³/mol. The van der Waals surface area contributed by atoms with Gasteiger partial charge in [0.05, 0.1) is 16.3 Å². The van der Waals surface area contributed by atoms with Gasteiger partial charge in [-0.1, -0.05) is 51.2 Å². The minimum atomic E-state index is -3.53. The first-order chi connectivity index (χ1) is 20.0. The van der Waals surface area contributed by atoms with Crippen molar-refractivity contribution in [3.05, 3.63) is 30.5 Å². The van der Waals surface area contributed by atoms with Gasteiger partial charge in [0.25, 0.3) is 0 Å². The maximum atomic E-state index is 13.6. The van der Waals surface area contributed by atoms with E-state index in [2.05, 4.69) is 26.8 Å². The molecular formula is C31H45N7O2S. The summed E-state index contributed by atoms with van der Waals surface area (Å²) in [6.45, 7) is 6.52. The lowest BCUT2D eigenvalue weighted by atomic mass is 9.96. The summed E-state index contributed by atoms with van der Waals surface area (Å²) in [4.78, 5) is 12.4. The van der Waals surface area contributed by atoms with E-state index in [-0.39, 0.29) is 0 Å². The molecule has 3 aliphatic rings. The molecule has 1 aromatic carbocycles. The molecule has 222 valence electrons. The molecule has 1 N–H and O–H groups in total. The zero-order valence-electron chi connectivity index (χ0n) is 24.5. The minimum Gasteiger partial charge on any atom is -0.354 e. The largest absolute Gasteiger partial charge is 0.354 e. The molecule has 9 nitrogen and oxygen atoms in total. The number of anilines is 1. The van der Waals surface area contributed by atoms with Gasteiger partial charge in [0.15, 0.2) is 5.65 Å². The maximum Gasteiger partial charge on any atom is 0.243 e. The molecule has 0 unspecified atom stereocenters. The summed E-state index contributed by atoms with van der Waals surface area (Å²) < 4.78 is 30.9. The average molecular weight is 580 g/mol. The van der Waals surface area contributed by atoms with Crippen LogP contribution in [0.2, 0.25) is 0 Å². The number of nitrogens with zero attached hydrogens (tertiary/aromatic N) is 6. The van der Waals surface area contributed by atoms with Crippen molar-refractivity contribution in [1.82, 2.24) is 29.0 Å². The van der Waals surface area contributed by atoms with Crippen molar-refractivity contribution in [2.24, 2.45) is 0 Å². The summed E-state index contributed by atoms with van der Waals surface area (Å²) in [5, 5.41) is 9.34. The SMILES string of the molecule is CCCCNc1ncc2c(-c3ccc(S(=O)(=O)N4CCC(N5CCCCC5)CC4)cc3)nn(C3CCCCC3)c2n1. The van der Waals surface area contributed by atoms with Crippen LogP contribution < -0.4 is 5.32 Å². The number of aromatic nitrogens is 4. The Hall–Kier alpha value is -2.56. The first-order valence-electron chi connectivity index (χ1n) is 15.9. The van der Waals surface area contributed by atoms with E-state index in [1.165, 1.54) is 38.5 Å². The normalized spacial score (nSPS) is 20.5. The Morgan fingerprint density at radius 2 is 1.59 bits per heavy atom. The molecule has 2 aromatic heterocycles. The van der Waals surface area contributed by atoms with E-state index < -0.39 is 10.0 Å². The summed E-state index contributed by atoms with van der Waals surface area (Å²) in [7, 11) is -3.53. The molecule has 3 fully saturated rings. The van der Waals surface area contributed by atoms with Crippen LogP contribution in [0.4, 0.5) is 5.95 Å². The van der Waals surface area contributed by atoms with Crippen molar-refractivity contribution >= 4 is 27.0 Å². The summed E-state index contributed by atoms with van der Waals surface area (Å²) in [6, 6.07) is 8.12. The van der Waals surface area contributed by atoms with Crippen molar-refractivity contribution in [2.45, 2.75) is 101 Å². The number of unbranched alkanes of at least 4 members (excludes halogenated alkanes) is 1. The monoisotopic (exact) mass is 579 g/mol. The number of benzene rings is 1. The second kappa shape index (κ2) is 12.8. The lowest BCUT2D eigenvalue weighted by Gasteiger charge is -2.39. The van der Waals surface area contributed by atoms with E-state index in [1.54, 1.807) is 16.4 Å². The van der Waals surface area contributed by atoms with Gasteiger partial charge in [-0.15, -0.1) is 0 Å². The second-order valence-electron chi connectivity index (χ2n) is 12.1. The van der Waals surface area contributed by atoms with Crippen LogP contribution in [0.25, 0.3) is 22.3 Å². The van der Waals surface area contributed by atoms with Crippen LogP contribution in [0, 0.1) is 0 Å². The van der Waals surface area contributed by atoms with Crippen LogP contribution in [0.3, 0.4) is 0 Å². The van der Waals surface area contributed by atoms with Crippen LogP contribution in [0.15, 0.2) is 35.4 Å². The average Bonchev–Trinajstić information content (AvgIpc) is 3.41. The Bertz CT molecular complexity index is 1400. The fourth-order valence-electron chi connectivity index (χ4n) is 6.84. The minimum absolute atomic E-state index is 0.325. The molecule has 3 aromatic rings. The molecule has 4 heterocycles. The van der Waals surface area contributed by atoms with E-state index in [0.29, 0.717) is 36.0 Å². The number of fused-ring (bicyclic) bond motifs is 1. The maximum absolute atomic E-state index is 13.6. The van der Waals surface area contributed by atoms with Gasteiger partial charge >= 0.3 is 0 Å². The third kappa shape index (κ3) is 6.15. The van der Waals surface area contributed by atoms with E-state index in [1.807, 2.05) is 18.3 Å². The first-order valence-corrected chi connectivity index (χ1v) is 17.3. The Labute approximate surface area is 244 Å². The molecule has 0 spiro atoms. The molecule has 2 aliphatic heterocycles. The highest BCUT2D eigenvalue weighted by atomic mass is 32.2. The van der Waals surface area contributed by atoms with Crippen molar-refractivity contribution < 1.29 is 8.42 Å². The Kier molecular flexibility index (Phi) is 8.88. The molecule has 6 rings (SSSR count). The molecule has 0 atom stereocenters. The molecule has 41 heavy (non-hydrogen) atoms. The lowest BCUT2D eigenvalue weighted by Crippen LogP contribution is -2.48. The van der Waals surface area contributed by atoms with Crippen LogP contribution in [-0.4, -0.2) is 76.1 Å². The topological polar surface area (TPSA) is 96.3 Å². The quantitative estimate of drug-likeness (QED) is 0.318. The van der Waals surface area contributed by atoms with Crippen molar-refractivity contribution in [1.29, 1.82) is 0 Å². The summed E-state index contributed by atoms with van der Waals surface area (Å²) >= 11 is 0. The molecule has 1 aliphatic carbocycles. The zero-order chi connectivity index (χ0) is 28.2. The van der Waals surface area contributed by atoms with Gasteiger partial charge in [-0.2, -0.15) is 14.4 Å². The molecular weight excluding hydrogens is 534 g/mol. The number of likely N-dealkylation sites (tertiary alicyclic amines) is 1. The number of rotatable bonds is 9. The fraction of sp³-hybridized carbons (Fsp3) is 0.645.